The van der Waals surface area contributed by atoms with Crippen LogP contribution in [0.2, 0.25) is 0 Å². The van der Waals surface area contributed by atoms with Gasteiger partial charge in [-0.3, -0.25) is 10.1 Å². The molecule has 11 heteroatoms. The Labute approximate surface area is 142 Å². The standard InChI is InChI=1S/C14H14N6O4S/c1-15-25(23,24)11-2-3-12(13(8-11)20(21)22)17-9-10-4-6-16-14-5-7-18-19(10)14/h2-8,15,17H,9H2,1H3. The minimum atomic E-state index is -3.76. The van der Waals surface area contributed by atoms with Crippen LogP contribution in [0.25, 0.3) is 5.65 Å². The summed E-state index contributed by atoms with van der Waals surface area (Å²) >= 11 is 0. The molecule has 0 aliphatic rings. The van der Waals surface area contributed by atoms with Crippen LogP contribution in [-0.2, 0) is 16.6 Å². The molecular weight excluding hydrogens is 348 g/mol. The zero-order valence-electron chi connectivity index (χ0n) is 13.1. The van der Waals surface area contributed by atoms with E-state index in [0.29, 0.717) is 5.65 Å². The number of nitrogens with zero attached hydrogens (tertiary/aromatic N) is 4. The van der Waals surface area contributed by atoms with Crippen molar-refractivity contribution in [2.75, 3.05) is 12.4 Å². The SMILES string of the molecule is CNS(=O)(=O)c1ccc(NCc2ccnc3ccnn23)c([N+](=O)[O-])c1. The zero-order valence-corrected chi connectivity index (χ0v) is 13.9. The second-order valence-electron chi connectivity index (χ2n) is 5.03. The summed E-state index contributed by atoms with van der Waals surface area (Å²) in [5, 5.41) is 18.4. The number of anilines is 1. The highest BCUT2D eigenvalue weighted by Gasteiger charge is 2.20. The maximum absolute atomic E-state index is 11.8. The topological polar surface area (TPSA) is 132 Å². The second-order valence-corrected chi connectivity index (χ2v) is 6.92. The number of hydrogen-bond acceptors (Lipinski definition) is 7. The third-order valence-corrected chi connectivity index (χ3v) is 4.99. The normalized spacial score (nSPS) is 11.6. The van der Waals surface area contributed by atoms with Crippen LogP contribution in [0.4, 0.5) is 11.4 Å². The lowest BCUT2D eigenvalue weighted by molar-refractivity contribution is -0.384. The molecule has 0 saturated heterocycles. The molecule has 0 aliphatic carbocycles. The maximum Gasteiger partial charge on any atom is 0.293 e. The molecule has 0 aliphatic heterocycles. The molecule has 25 heavy (non-hydrogen) atoms. The highest BCUT2D eigenvalue weighted by Crippen LogP contribution is 2.28. The van der Waals surface area contributed by atoms with Gasteiger partial charge >= 0.3 is 0 Å². The van der Waals surface area contributed by atoms with Gasteiger partial charge in [-0.1, -0.05) is 0 Å². The van der Waals surface area contributed by atoms with Crippen LogP contribution in [0.5, 0.6) is 0 Å². The van der Waals surface area contributed by atoms with E-state index in [0.717, 1.165) is 11.8 Å². The predicted molar refractivity (Wildman–Crippen MR) is 89.7 cm³/mol. The predicted octanol–water partition coefficient (Wildman–Crippen LogP) is 1.16. The van der Waals surface area contributed by atoms with E-state index in [2.05, 4.69) is 20.1 Å². The Morgan fingerprint density at radius 1 is 1.24 bits per heavy atom. The number of benzene rings is 1. The molecule has 2 heterocycles. The largest absolute Gasteiger partial charge is 0.374 e. The number of rotatable bonds is 6. The van der Waals surface area contributed by atoms with E-state index in [1.807, 2.05) is 0 Å². The summed E-state index contributed by atoms with van der Waals surface area (Å²) in [6.07, 6.45) is 3.22. The minimum absolute atomic E-state index is 0.175. The molecule has 0 fully saturated rings. The van der Waals surface area contributed by atoms with Crippen LogP contribution < -0.4 is 10.0 Å². The monoisotopic (exact) mass is 362 g/mol. The molecule has 1 aromatic carbocycles. The highest BCUT2D eigenvalue weighted by atomic mass is 32.2. The molecule has 10 nitrogen and oxygen atoms in total. The number of nitro groups is 1. The lowest BCUT2D eigenvalue weighted by Crippen LogP contribution is -2.18. The Morgan fingerprint density at radius 3 is 2.76 bits per heavy atom. The van der Waals surface area contributed by atoms with Crippen molar-refractivity contribution in [2.45, 2.75) is 11.4 Å². The number of hydrogen-bond donors (Lipinski definition) is 2. The van der Waals surface area contributed by atoms with E-state index in [1.165, 1.54) is 19.2 Å². The van der Waals surface area contributed by atoms with Gasteiger partial charge in [-0.2, -0.15) is 5.10 Å². The smallest absolute Gasteiger partial charge is 0.293 e. The Bertz CT molecular complexity index is 1050. The average Bonchev–Trinajstić information content (AvgIpc) is 3.09. The Hall–Kier alpha value is -3.05. The fourth-order valence-electron chi connectivity index (χ4n) is 2.30. The highest BCUT2D eigenvalue weighted by molar-refractivity contribution is 7.89. The van der Waals surface area contributed by atoms with Crippen molar-refractivity contribution < 1.29 is 13.3 Å². The van der Waals surface area contributed by atoms with Gasteiger partial charge in [-0.05, 0) is 25.2 Å². The molecule has 2 aromatic heterocycles. The first-order chi connectivity index (χ1) is 11.9. The van der Waals surface area contributed by atoms with E-state index >= 15 is 0 Å². The van der Waals surface area contributed by atoms with Crippen molar-refractivity contribution in [1.29, 1.82) is 0 Å². The zero-order chi connectivity index (χ0) is 18.0. The lowest BCUT2D eigenvalue weighted by atomic mass is 10.2. The molecule has 0 radical (unpaired) electrons. The van der Waals surface area contributed by atoms with Crippen LogP contribution in [0.3, 0.4) is 0 Å². The van der Waals surface area contributed by atoms with Gasteiger partial charge in [-0.15, -0.1) is 0 Å². The molecule has 0 bridgehead atoms. The third-order valence-electron chi connectivity index (χ3n) is 3.57. The first kappa shape index (κ1) is 16.8. The number of nitro benzene ring substituents is 1. The molecule has 130 valence electrons. The molecule has 0 spiro atoms. The van der Waals surface area contributed by atoms with Gasteiger partial charge < -0.3 is 5.32 Å². The first-order valence-corrected chi connectivity index (χ1v) is 8.64. The summed E-state index contributed by atoms with van der Waals surface area (Å²) in [6.45, 7) is 0.250. The van der Waals surface area contributed by atoms with E-state index in [4.69, 9.17) is 0 Å². The van der Waals surface area contributed by atoms with Crippen molar-refractivity contribution in [1.82, 2.24) is 19.3 Å². The minimum Gasteiger partial charge on any atom is -0.374 e. The Kier molecular flexibility index (Phi) is 4.33. The third kappa shape index (κ3) is 3.27. The summed E-state index contributed by atoms with van der Waals surface area (Å²) in [5.41, 5.74) is 1.28. The fourth-order valence-corrected chi connectivity index (χ4v) is 3.05. The van der Waals surface area contributed by atoms with Crippen molar-refractivity contribution in [3.63, 3.8) is 0 Å². The van der Waals surface area contributed by atoms with Crippen LogP contribution in [0, 0.1) is 10.1 Å². The second kappa shape index (κ2) is 6.45. The average molecular weight is 362 g/mol. The number of sulfonamides is 1. The summed E-state index contributed by atoms with van der Waals surface area (Å²) in [6, 6.07) is 7.16. The molecule has 2 N–H and O–H groups in total. The van der Waals surface area contributed by atoms with Gasteiger partial charge in [0, 0.05) is 18.3 Å². The molecule has 0 unspecified atom stereocenters. The molecular formula is C14H14N6O4S. The van der Waals surface area contributed by atoms with E-state index in [-0.39, 0.29) is 22.8 Å². The van der Waals surface area contributed by atoms with Crippen LogP contribution in [0.15, 0.2) is 47.6 Å². The summed E-state index contributed by atoms with van der Waals surface area (Å²) < 4.78 is 27.4. The van der Waals surface area contributed by atoms with Crippen molar-refractivity contribution in [2.24, 2.45) is 0 Å². The number of fused-ring (bicyclic) bond motifs is 1. The van der Waals surface area contributed by atoms with Crippen molar-refractivity contribution >= 4 is 27.0 Å². The van der Waals surface area contributed by atoms with Crippen LogP contribution in [0.1, 0.15) is 5.69 Å². The summed E-state index contributed by atoms with van der Waals surface area (Å²) in [7, 11) is -2.52. The van der Waals surface area contributed by atoms with Gasteiger partial charge in [0.2, 0.25) is 10.0 Å². The summed E-state index contributed by atoms with van der Waals surface area (Å²) in [4.78, 5) is 14.6. The van der Waals surface area contributed by atoms with Gasteiger partial charge in [0.15, 0.2) is 5.65 Å². The van der Waals surface area contributed by atoms with Gasteiger partial charge in [0.25, 0.3) is 5.69 Å². The van der Waals surface area contributed by atoms with Crippen molar-refractivity contribution in [3.8, 4) is 0 Å². The van der Waals surface area contributed by atoms with Crippen LogP contribution in [-0.4, -0.2) is 35.0 Å². The van der Waals surface area contributed by atoms with E-state index in [9.17, 15) is 18.5 Å². The van der Waals surface area contributed by atoms with E-state index < -0.39 is 14.9 Å². The molecule has 0 amide bonds. The molecule has 0 atom stereocenters. The van der Waals surface area contributed by atoms with Crippen molar-refractivity contribution in [3.05, 3.63) is 58.5 Å². The van der Waals surface area contributed by atoms with Gasteiger partial charge in [-0.25, -0.2) is 22.6 Å². The molecule has 3 rings (SSSR count). The quantitative estimate of drug-likeness (QED) is 0.497. The first-order valence-electron chi connectivity index (χ1n) is 7.16. The molecule has 3 aromatic rings. The van der Waals surface area contributed by atoms with Crippen LogP contribution >= 0.6 is 0 Å². The Morgan fingerprint density at radius 2 is 2.04 bits per heavy atom. The van der Waals surface area contributed by atoms with Gasteiger partial charge in [0.05, 0.1) is 28.3 Å². The fraction of sp³-hybridized carbons (Fsp3) is 0.143. The van der Waals surface area contributed by atoms with E-state index in [1.54, 1.807) is 29.0 Å². The number of nitrogens with one attached hydrogen (secondary N) is 2. The number of aromatic nitrogens is 3. The lowest BCUT2D eigenvalue weighted by Gasteiger charge is -2.10. The summed E-state index contributed by atoms with van der Waals surface area (Å²) in [5.74, 6) is 0. The molecule has 0 saturated carbocycles. The Balaban J connectivity index is 1.92. The van der Waals surface area contributed by atoms with Gasteiger partial charge in [0.1, 0.15) is 5.69 Å². The maximum atomic E-state index is 11.8.